The predicted molar refractivity (Wildman–Crippen MR) is 112 cm³/mol. The van der Waals surface area contributed by atoms with Crippen molar-refractivity contribution < 1.29 is 9.59 Å². The molecule has 3 aliphatic rings. The second-order valence-corrected chi connectivity index (χ2v) is 8.82. The van der Waals surface area contributed by atoms with Crippen molar-refractivity contribution in [2.45, 2.75) is 64.0 Å². The molecule has 2 fully saturated rings. The molecule has 2 saturated carbocycles. The quantitative estimate of drug-likeness (QED) is 0.687. The summed E-state index contributed by atoms with van der Waals surface area (Å²) in [4.78, 5) is 25.6. The summed E-state index contributed by atoms with van der Waals surface area (Å²) in [5.74, 6) is 0.605. The molecule has 1 aromatic rings. The zero-order chi connectivity index (χ0) is 20.4. The van der Waals surface area contributed by atoms with Crippen molar-refractivity contribution in [2.75, 3.05) is 12.3 Å². The van der Waals surface area contributed by atoms with Crippen LogP contribution in [0.3, 0.4) is 0 Å². The highest BCUT2D eigenvalue weighted by molar-refractivity contribution is 5.98. The number of allylic oxidation sites excluding steroid dienone is 3. The highest BCUT2D eigenvalue weighted by Crippen LogP contribution is 2.39. The summed E-state index contributed by atoms with van der Waals surface area (Å²) in [5, 5.41) is 10.5. The fraction of sp³-hybridized carbons (Fsp3) is 0.591. The fourth-order valence-corrected chi connectivity index (χ4v) is 4.33. The van der Waals surface area contributed by atoms with Gasteiger partial charge in [-0.25, -0.2) is 4.68 Å². The molecule has 0 spiro atoms. The van der Waals surface area contributed by atoms with Gasteiger partial charge in [-0.15, -0.1) is 0 Å². The largest absolute Gasteiger partial charge is 0.383 e. The lowest BCUT2D eigenvalue weighted by Crippen LogP contribution is -2.45. The van der Waals surface area contributed by atoms with Gasteiger partial charge in [0.05, 0.1) is 17.7 Å². The molecule has 3 aliphatic carbocycles. The molecule has 1 heterocycles. The van der Waals surface area contributed by atoms with E-state index in [9.17, 15) is 9.59 Å². The standard InChI is InChI=1S/C22H31N5O2/c1-22(21(29)26-16-10-11-16)12-6-5-9-18(22)27-19(23)17(14-25-27)20(28)24-13-15-7-3-2-4-8-15/h5-6,9,12,14-16,18H,2-4,7-8,10-11,13,23H2,1H3,(H,24,28)(H,26,29). The first kappa shape index (κ1) is 19.7. The molecule has 29 heavy (non-hydrogen) atoms. The van der Waals surface area contributed by atoms with Crippen molar-refractivity contribution in [3.63, 3.8) is 0 Å². The van der Waals surface area contributed by atoms with Crippen LogP contribution in [0.2, 0.25) is 0 Å². The third-order valence-electron chi connectivity index (χ3n) is 6.48. The number of carbonyl (C=O) groups is 2. The van der Waals surface area contributed by atoms with E-state index in [1.807, 2.05) is 31.2 Å². The lowest BCUT2D eigenvalue weighted by Gasteiger charge is -2.34. The molecule has 0 radical (unpaired) electrons. The van der Waals surface area contributed by atoms with Crippen molar-refractivity contribution in [3.8, 4) is 0 Å². The van der Waals surface area contributed by atoms with Crippen LogP contribution >= 0.6 is 0 Å². The van der Waals surface area contributed by atoms with E-state index in [0.29, 0.717) is 23.8 Å². The molecule has 1 aromatic heterocycles. The second-order valence-electron chi connectivity index (χ2n) is 8.82. The predicted octanol–water partition coefficient (Wildman–Crippen LogP) is 2.73. The number of nitrogen functional groups attached to an aromatic ring is 1. The molecule has 2 atom stereocenters. The Kier molecular flexibility index (Phi) is 5.48. The number of aromatic nitrogens is 2. The van der Waals surface area contributed by atoms with Gasteiger partial charge in [0.25, 0.3) is 5.91 Å². The van der Waals surface area contributed by atoms with Crippen LogP contribution in [0.4, 0.5) is 5.82 Å². The minimum atomic E-state index is -0.812. The van der Waals surface area contributed by atoms with Gasteiger partial charge in [0, 0.05) is 12.6 Å². The minimum Gasteiger partial charge on any atom is -0.383 e. The molecular weight excluding hydrogens is 366 g/mol. The maximum Gasteiger partial charge on any atom is 0.256 e. The van der Waals surface area contributed by atoms with Gasteiger partial charge in [-0.3, -0.25) is 9.59 Å². The molecular formula is C22H31N5O2. The summed E-state index contributed by atoms with van der Waals surface area (Å²) in [6, 6.07) is -0.110. The van der Waals surface area contributed by atoms with Crippen LogP contribution < -0.4 is 16.4 Å². The number of carbonyl (C=O) groups excluding carboxylic acids is 2. The Labute approximate surface area is 171 Å². The molecule has 156 valence electrons. The number of nitrogens with two attached hydrogens (primary N) is 1. The molecule has 0 aliphatic heterocycles. The van der Waals surface area contributed by atoms with Gasteiger partial charge in [0.15, 0.2) is 0 Å². The maximum absolute atomic E-state index is 12.9. The van der Waals surface area contributed by atoms with Crippen molar-refractivity contribution in [3.05, 3.63) is 36.1 Å². The van der Waals surface area contributed by atoms with Gasteiger partial charge in [-0.1, -0.05) is 43.6 Å². The first-order chi connectivity index (χ1) is 14.0. The number of nitrogens with zero attached hydrogens (tertiary/aromatic N) is 2. The highest BCUT2D eigenvalue weighted by Gasteiger charge is 2.43. The van der Waals surface area contributed by atoms with Gasteiger partial charge in [-0.05, 0) is 38.5 Å². The van der Waals surface area contributed by atoms with Crippen LogP contribution in [0.5, 0.6) is 0 Å². The van der Waals surface area contributed by atoms with Crippen LogP contribution in [0, 0.1) is 11.3 Å². The topological polar surface area (TPSA) is 102 Å². The van der Waals surface area contributed by atoms with Crippen LogP contribution in [0.15, 0.2) is 30.5 Å². The van der Waals surface area contributed by atoms with E-state index in [2.05, 4.69) is 15.7 Å². The lowest BCUT2D eigenvalue weighted by atomic mass is 9.78. The molecule has 2 unspecified atom stereocenters. The lowest BCUT2D eigenvalue weighted by molar-refractivity contribution is -0.129. The van der Waals surface area contributed by atoms with E-state index in [0.717, 1.165) is 12.8 Å². The third kappa shape index (κ3) is 4.09. The molecule has 0 saturated heterocycles. The summed E-state index contributed by atoms with van der Waals surface area (Å²) in [7, 11) is 0. The Bertz CT molecular complexity index is 832. The fourth-order valence-electron chi connectivity index (χ4n) is 4.33. The summed E-state index contributed by atoms with van der Waals surface area (Å²) in [5.41, 5.74) is 5.89. The third-order valence-corrected chi connectivity index (χ3v) is 6.48. The highest BCUT2D eigenvalue weighted by atomic mass is 16.2. The molecule has 4 rings (SSSR count). The first-order valence-electron chi connectivity index (χ1n) is 10.8. The van der Waals surface area contributed by atoms with E-state index in [1.165, 1.54) is 38.3 Å². The van der Waals surface area contributed by atoms with Crippen LogP contribution in [-0.2, 0) is 4.79 Å². The average molecular weight is 398 g/mol. The Balaban J connectivity index is 1.48. The van der Waals surface area contributed by atoms with E-state index in [-0.39, 0.29) is 23.9 Å². The van der Waals surface area contributed by atoms with Crippen molar-refractivity contribution in [2.24, 2.45) is 11.3 Å². The summed E-state index contributed by atoms with van der Waals surface area (Å²) >= 11 is 0. The summed E-state index contributed by atoms with van der Waals surface area (Å²) < 4.78 is 1.60. The number of hydrogen-bond acceptors (Lipinski definition) is 4. The normalized spacial score (nSPS) is 27.0. The molecule has 2 amide bonds. The molecule has 0 bridgehead atoms. The van der Waals surface area contributed by atoms with E-state index >= 15 is 0 Å². The Hall–Kier alpha value is -2.57. The van der Waals surface area contributed by atoms with Gasteiger partial charge in [-0.2, -0.15) is 5.10 Å². The van der Waals surface area contributed by atoms with Gasteiger partial charge < -0.3 is 16.4 Å². The molecule has 0 aromatic carbocycles. The Morgan fingerprint density at radius 3 is 2.69 bits per heavy atom. The zero-order valence-electron chi connectivity index (χ0n) is 17.1. The van der Waals surface area contributed by atoms with Crippen molar-refractivity contribution in [1.82, 2.24) is 20.4 Å². The van der Waals surface area contributed by atoms with Gasteiger partial charge in [0.1, 0.15) is 11.4 Å². The number of hydrogen-bond donors (Lipinski definition) is 3. The van der Waals surface area contributed by atoms with Crippen LogP contribution in [0.1, 0.15) is 68.3 Å². The van der Waals surface area contributed by atoms with Crippen molar-refractivity contribution in [1.29, 1.82) is 0 Å². The minimum absolute atomic E-state index is 0.0381. The average Bonchev–Trinajstić information content (AvgIpc) is 3.47. The number of rotatable bonds is 6. The van der Waals surface area contributed by atoms with Crippen LogP contribution in [0.25, 0.3) is 0 Å². The van der Waals surface area contributed by atoms with Crippen LogP contribution in [-0.4, -0.2) is 34.2 Å². The number of nitrogens with one attached hydrogen (secondary N) is 2. The van der Waals surface area contributed by atoms with Crippen molar-refractivity contribution >= 4 is 17.6 Å². The zero-order valence-corrected chi connectivity index (χ0v) is 17.1. The maximum atomic E-state index is 12.9. The van der Waals surface area contributed by atoms with E-state index < -0.39 is 5.41 Å². The number of anilines is 1. The molecule has 7 nitrogen and oxygen atoms in total. The SMILES string of the molecule is CC1(C(=O)NC2CC2)C=CC=CC1n1ncc(C(=O)NCC2CCCCC2)c1N. The molecule has 7 heteroatoms. The van der Waals surface area contributed by atoms with E-state index in [1.54, 1.807) is 4.68 Å². The monoisotopic (exact) mass is 397 g/mol. The summed E-state index contributed by atoms with van der Waals surface area (Å²) in [6.45, 7) is 2.57. The smallest absolute Gasteiger partial charge is 0.256 e. The van der Waals surface area contributed by atoms with E-state index in [4.69, 9.17) is 5.73 Å². The van der Waals surface area contributed by atoms with Gasteiger partial charge >= 0.3 is 0 Å². The number of amides is 2. The summed E-state index contributed by atoms with van der Waals surface area (Å²) in [6.07, 6.45) is 17.2. The first-order valence-corrected chi connectivity index (χ1v) is 10.8. The molecule has 4 N–H and O–H groups in total. The second kappa shape index (κ2) is 8.05. The van der Waals surface area contributed by atoms with Gasteiger partial charge in [0.2, 0.25) is 5.91 Å². The Morgan fingerprint density at radius 1 is 1.21 bits per heavy atom. The Morgan fingerprint density at radius 2 is 1.97 bits per heavy atom.